The van der Waals surface area contributed by atoms with Crippen LogP contribution in [-0.2, 0) is 18.3 Å². The zero-order valence-corrected chi connectivity index (χ0v) is 14.5. The highest BCUT2D eigenvalue weighted by molar-refractivity contribution is 7.08. The number of halogens is 1. The lowest BCUT2D eigenvalue weighted by atomic mass is 10.0. The molecule has 8 heteroatoms. The van der Waals surface area contributed by atoms with Gasteiger partial charge in [-0.1, -0.05) is 11.6 Å². The van der Waals surface area contributed by atoms with E-state index in [4.69, 9.17) is 11.6 Å². The Morgan fingerprint density at radius 1 is 1.28 bits per heavy atom. The van der Waals surface area contributed by atoms with E-state index in [2.05, 4.69) is 0 Å². The predicted octanol–water partition coefficient (Wildman–Crippen LogP) is 3.32. The van der Waals surface area contributed by atoms with Gasteiger partial charge in [0.25, 0.3) is 5.91 Å². The number of aromatic nitrogens is 1. The van der Waals surface area contributed by atoms with Crippen LogP contribution in [0.3, 0.4) is 0 Å². The maximum absolute atomic E-state index is 12.9. The summed E-state index contributed by atoms with van der Waals surface area (Å²) in [5, 5.41) is 14.0. The molecular weight excluding hydrogens is 364 g/mol. The van der Waals surface area contributed by atoms with Crippen molar-refractivity contribution in [3.05, 3.63) is 50.8 Å². The van der Waals surface area contributed by atoms with Crippen LogP contribution in [0, 0.1) is 0 Å². The molecule has 2 amide bonds. The Kier molecular flexibility index (Phi) is 3.45. The molecule has 4 rings (SSSR count). The summed E-state index contributed by atoms with van der Waals surface area (Å²) in [6.45, 7) is 0. The average molecular weight is 375 g/mol. The molecule has 0 atom stereocenters. The van der Waals surface area contributed by atoms with Crippen LogP contribution in [-0.4, -0.2) is 27.5 Å². The summed E-state index contributed by atoms with van der Waals surface area (Å²) in [5.74, 6) is -2.19. The van der Waals surface area contributed by atoms with Gasteiger partial charge in [0.15, 0.2) is 5.69 Å². The first kappa shape index (κ1) is 15.9. The predicted molar refractivity (Wildman–Crippen MR) is 94.7 cm³/mol. The Bertz CT molecular complexity index is 1080. The van der Waals surface area contributed by atoms with Crippen LogP contribution >= 0.6 is 22.9 Å². The van der Waals surface area contributed by atoms with Crippen LogP contribution in [0.2, 0.25) is 5.02 Å². The van der Waals surface area contributed by atoms with E-state index < -0.39 is 17.8 Å². The number of amides is 2. The Morgan fingerprint density at radius 3 is 2.76 bits per heavy atom. The number of hydrogen-bond donors (Lipinski definition) is 1. The number of carboxylic acids is 1. The highest BCUT2D eigenvalue weighted by Gasteiger charge is 2.37. The van der Waals surface area contributed by atoms with Gasteiger partial charge in [0, 0.05) is 22.8 Å². The van der Waals surface area contributed by atoms with E-state index >= 15 is 0 Å². The third-order valence-corrected chi connectivity index (χ3v) is 5.36. The quantitative estimate of drug-likeness (QED) is 0.698. The molecule has 0 fully saturated rings. The van der Waals surface area contributed by atoms with Crippen molar-refractivity contribution in [2.75, 3.05) is 4.90 Å². The zero-order valence-electron chi connectivity index (χ0n) is 12.9. The van der Waals surface area contributed by atoms with Gasteiger partial charge in [0.1, 0.15) is 0 Å². The monoisotopic (exact) mass is 374 g/mol. The minimum atomic E-state index is -1.22. The van der Waals surface area contributed by atoms with Gasteiger partial charge >= 0.3 is 5.97 Å². The first-order valence-electron chi connectivity index (χ1n) is 7.33. The lowest BCUT2D eigenvalue weighted by molar-refractivity contribution is -0.117. The normalized spacial score (nSPS) is 14.2. The van der Waals surface area contributed by atoms with E-state index in [0.29, 0.717) is 27.1 Å². The molecule has 0 aliphatic carbocycles. The van der Waals surface area contributed by atoms with Gasteiger partial charge in [0.05, 0.1) is 23.2 Å². The Hall–Kier alpha value is -2.64. The average Bonchev–Trinajstić information content (AvgIpc) is 3.11. The lowest BCUT2D eigenvalue weighted by Crippen LogP contribution is -2.42. The molecule has 1 aromatic carbocycles. The number of nitrogens with zero attached hydrogens (tertiary/aromatic N) is 2. The number of carbonyl (C=O) groups is 3. The van der Waals surface area contributed by atoms with Crippen molar-refractivity contribution in [2.45, 2.75) is 6.42 Å². The number of carboxylic acid groups (broad SMARTS) is 1. The van der Waals surface area contributed by atoms with E-state index in [1.807, 2.05) is 0 Å². The third kappa shape index (κ3) is 2.20. The Labute approximate surface area is 150 Å². The van der Waals surface area contributed by atoms with Gasteiger partial charge in [-0.3, -0.25) is 9.59 Å². The molecule has 3 heterocycles. The smallest absolute Gasteiger partial charge is 0.354 e. The summed E-state index contributed by atoms with van der Waals surface area (Å²) in [6.07, 6.45) is 0.0561. The van der Waals surface area contributed by atoms with E-state index in [1.54, 1.807) is 36.0 Å². The lowest BCUT2D eigenvalue weighted by Gasteiger charge is -2.25. The van der Waals surface area contributed by atoms with Crippen LogP contribution < -0.4 is 4.90 Å². The molecule has 2 aromatic heterocycles. The van der Waals surface area contributed by atoms with Crippen molar-refractivity contribution in [3.8, 4) is 0 Å². The summed E-state index contributed by atoms with van der Waals surface area (Å²) in [7, 11) is 1.58. The van der Waals surface area contributed by atoms with Crippen LogP contribution in [0.5, 0.6) is 0 Å². The largest absolute Gasteiger partial charge is 0.477 e. The third-order valence-electron chi connectivity index (χ3n) is 4.33. The molecule has 1 aliphatic heterocycles. The van der Waals surface area contributed by atoms with E-state index in [0.717, 1.165) is 4.90 Å². The van der Waals surface area contributed by atoms with Crippen molar-refractivity contribution < 1.29 is 19.5 Å². The van der Waals surface area contributed by atoms with Gasteiger partial charge in [-0.2, -0.15) is 11.3 Å². The fourth-order valence-corrected chi connectivity index (χ4v) is 4.22. The first-order valence-corrected chi connectivity index (χ1v) is 8.65. The molecule has 1 N–H and O–H groups in total. The second-order valence-electron chi connectivity index (χ2n) is 5.74. The summed E-state index contributed by atoms with van der Waals surface area (Å²) in [6, 6.07) is 4.88. The second-order valence-corrected chi connectivity index (χ2v) is 6.92. The fourth-order valence-electron chi connectivity index (χ4n) is 3.22. The van der Waals surface area contributed by atoms with Gasteiger partial charge < -0.3 is 9.67 Å². The van der Waals surface area contributed by atoms with Crippen LogP contribution in [0.25, 0.3) is 10.9 Å². The van der Waals surface area contributed by atoms with Crippen molar-refractivity contribution in [3.63, 3.8) is 0 Å². The summed E-state index contributed by atoms with van der Waals surface area (Å²) >= 11 is 7.40. The Balaban J connectivity index is 2.05. The molecule has 1 aliphatic rings. The number of hydrogen-bond acceptors (Lipinski definition) is 4. The summed E-state index contributed by atoms with van der Waals surface area (Å²) in [4.78, 5) is 38.3. The standard InChI is InChI=1S/C17H11ClN2O4S/c1-19-12-3-2-9(18)5-10(12)14(15(19)17(23)24)20-13(21)4-8-6-25-7-11(8)16(20)22/h2-3,5-7H,4H2,1H3,(H,23,24). The maximum Gasteiger partial charge on any atom is 0.354 e. The van der Waals surface area contributed by atoms with E-state index in [-0.39, 0.29) is 17.8 Å². The number of anilines is 1. The highest BCUT2D eigenvalue weighted by atomic mass is 35.5. The number of aromatic carboxylic acids is 1. The van der Waals surface area contributed by atoms with Gasteiger partial charge in [-0.15, -0.1) is 0 Å². The van der Waals surface area contributed by atoms with Crippen LogP contribution in [0.4, 0.5) is 5.69 Å². The SMILES string of the molecule is Cn1c(C(=O)O)c(N2C(=O)Cc3cscc3C2=O)c2cc(Cl)ccc21. The number of imide groups is 1. The molecular formula is C17H11ClN2O4S. The molecule has 0 saturated heterocycles. The number of thiophene rings is 1. The number of rotatable bonds is 2. The topological polar surface area (TPSA) is 79.6 Å². The minimum Gasteiger partial charge on any atom is -0.477 e. The number of carbonyl (C=O) groups excluding carboxylic acids is 2. The van der Waals surface area contributed by atoms with Crippen molar-refractivity contribution >= 4 is 57.3 Å². The molecule has 0 bridgehead atoms. The van der Waals surface area contributed by atoms with Crippen molar-refractivity contribution in [1.29, 1.82) is 0 Å². The molecule has 25 heavy (non-hydrogen) atoms. The van der Waals surface area contributed by atoms with E-state index in [9.17, 15) is 19.5 Å². The first-order chi connectivity index (χ1) is 11.9. The fraction of sp³-hybridized carbons (Fsp3) is 0.118. The summed E-state index contributed by atoms with van der Waals surface area (Å²) < 4.78 is 1.45. The minimum absolute atomic E-state index is 0.0561. The van der Waals surface area contributed by atoms with Gasteiger partial charge in [-0.05, 0) is 29.1 Å². The van der Waals surface area contributed by atoms with Crippen molar-refractivity contribution in [1.82, 2.24) is 4.57 Å². The maximum atomic E-state index is 12.9. The van der Waals surface area contributed by atoms with Gasteiger partial charge in [0.2, 0.25) is 5.91 Å². The molecule has 3 aromatic rings. The van der Waals surface area contributed by atoms with Crippen molar-refractivity contribution in [2.24, 2.45) is 7.05 Å². The zero-order chi connectivity index (χ0) is 17.9. The molecule has 0 unspecified atom stereocenters. The molecule has 0 saturated carbocycles. The molecule has 6 nitrogen and oxygen atoms in total. The second kappa shape index (κ2) is 5.44. The van der Waals surface area contributed by atoms with Crippen LogP contribution in [0.1, 0.15) is 26.4 Å². The summed E-state index contributed by atoms with van der Waals surface area (Å²) in [5.41, 5.74) is 1.62. The number of aryl methyl sites for hydroxylation is 1. The van der Waals surface area contributed by atoms with E-state index in [1.165, 1.54) is 15.9 Å². The van der Waals surface area contributed by atoms with Crippen LogP contribution in [0.15, 0.2) is 29.0 Å². The molecule has 126 valence electrons. The molecule has 0 radical (unpaired) electrons. The number of benzene rings is 1. The number of fused-ring (bicyclic) bond motifs is 2. The Morgan fingerprint density at radius 2 is 2.04 bits per heavy atom. The molecule has 0 spiro atoms. The highest BCUT2D eigenvalue weighted by Crippen LogP contribution is 2.38. The van der Waals surface area contributed by atoms with Gasteiger partial charge in [-0.25, -0.2) is 9.69 Å².